The molecule has 1 amide bonds. The lowest BCUT2D eigenvalue weighted by atomic mass is 10.1. The number of carbonyl (C=O) groups excluding carboxylic acids is 1. The molecule has 94 valence electrons. The van der Waals surface area contributed by atoms with Gasteiger partial charge in [-0.1, -0.05) is 31.2 Å². The fraction of sp³-hybridized carbons (Fsp3) is 0.214. The normalized spacial score (nSPS) is 12.1. The SMILES string of the molecule is CCC(N)C(=O)Nc1ccccc1-c1cccs1. The van der Waals surface area contributed by atoms with Crippen LogP contribution in [0.25, 0.3) is 10.4 Å². The number of para-hydroxylation sites is 1. The Morgan fingerprint density at radius 3 is 2.78 bits per heavy atom. The van der Waals surface area contributed by atoms with Gasteiger partial charge in [-0.2, -0.15) is 0 Å². The molecule has 1 atom stereocenters. The first kappa shape index (κ1) is 12.8. The lowest BCUT2D eigenvalue weighted by Crippen LogP contribution is -2.34. The lowest BCUT2D eigenvalue weighted by molar-refractivity contribution is -0.117. The summed E-state index contributed by atoms with van der Waals surface area (Å²) in [6.07, 6.45) is 0.632. The van der Waals surface area contributed by atoms with Crippen molar-refractivity contribution in [2.75, 3.05) is 5.32 Å². The maximum Gasteiger partial charge on any atom is 0.241 e. The average molecular weight is 260 g/mol. The molecule has 3 nitrogen and oxygen atoms in total. The van der Waals surface area contributed by atoms with E-state index in [-0.39, 0.29) is 5.91 Å². The van der Waals surface area contributed by atoms with Gasteiger partial charge in [0.15, 0.2) is 0 Å². The van der Waals surface area contributed by atoms with Gasteiger partial charge in [0, 0.05) is 16.1 Å². The van der Waals surface area contributed by atoms with Gasteiger partial charge in [-0.05, 0) is 23.9 Å². The van der Waals surface area contributed by atoms with Crippen LogP contribution in [0.15, 0.2) is 41.8 Å². The van der Waals surface area contributed by atoms with E-state index in [0.717, 1.165) is 16.1 Å². The van der Waals surface area contributed by atoms with Crippen LogP contribution in [0.4, 0.5) is 5.69 Å². The van der Waals surface area contributed by atoms with Crippen molar-refractivity contribution in [3.8, 4) is 10.4 Å². The van der Waals surface area contributed by atoms with Gasteiger partial charge >= 0.3 is 0 Å². The summed E-state index contributed by atoms with van der Waals surface area (Å²) in [5.41, 5.74) is 7.57. The summed E-state index contributed by atoms with van der Waals surface area (Å²) in [7, 11) is 0. The smallest absolute Gasteiger partial charge is 0.241 e. The molecule has 4 heteroatoms. The fourth-order valence-electron chi connectivity index (χ4n) is 1.65. The Labute approximate surface area is 111 Å². The number of hydrogen-bond acceptors (Lipinski definition) is 3. The second-order valence-corrected chi connectivity index (χ2v) is 4.97. The number of anilines is 1. The molecule has 0 bridgehead atoms. The highest BCUT2D eigenvalue weighted by atomic mass is 32.1. The minimum atomic E-state index is -0.457. The van der Waals surface area contributed by atoms with Crippen LogP contribution in [0, 0.1) is 0 Å². The van der Waals surface area contributed by atoms with E-state index < -0.39 is 6.04 Å². The third-order valence-electron chi connectivity index (χ3n) is 2.75. The Bertz CT molecular complexity index is 522. The second-order valence-electron chi connectivity index (χ2n) is 4.03. The van der Waals surface area contributed by atoms with Crippen LogP contribution < -0.4 is 11.1 Å². The minimum Gasteiger partial charge on any atom is -0.324 e. The van der Waals surface area contributed by atoms with Gasteiger partial charge in [0.1, 0.15) is 0 Å². The standard InChI is InChI=1S/C14H16N2OS/c1-2-11(15)14(17)16-12-7-4-3-6-10(12)13-8-5-9-18-13/h3-9,11H,2,15H2,1H3,(H,16,17). The minimum absolute atomic E-state index is 0.137. The van der Waals surface area contributed by atoms with Crippen molar-refractivity contribution in [3.63, 3.8) is 0 Å². The maximum atomic E-state index is 11.8. The Morgan fingerprint density at radius 2 is 2.11 bits per heavy atom. The van der Waals surface area contributed by atoms with E-state index in [0.29, 0.717) is 6.42 Å². The van der Waals surface area contributed by atoms with Gasteiger partial charge in [0.05, 0.1) is 6.04 Å². The lowest BCUT2D eigenvalue weighted by Gasteiger charge is -2.13. The number of thiophene rings is 1. The monoisotopic (exact) mass is 260 g/mol. The Kier molecular flexibility index (Phi) is 4.12. The molecular formula is C14H16N2OS. The number of benzene rings is 1. The average Bonchev–Trinajstić information content (AvgIpc) is 2.92. The number of hydrogen-bond donors (Lipinski definition) is 2. The predicted molar refractivity (Wildman–Crippen MR) is 76.7 cm³/mol. The number of nitrogens with two attached hydrogens (primary N) is 1. The van der Waals surface area contributed by atoms with Gasteiger partial charge in [0.2, 0.25) is 5.91 Å². The summed E-state index contributed by atoms with van der Waals surface area (Å²) < 4.78 is 0. The Balaban J connectivity index is 2.26. The number of nitrogens with one attached hydrogen (secondary N) is 1. The van der Waals surface area contributed by atoms with Crippen LogP contribution in [-0.2, 0) is 4.79 Å². The molecular weight excluding hydrogens is 244 g/mol. The molecule has 0 radical (unpaired) electrons. The zero-order valence-electron chi connectivity index (χ0n) is 10.2. The third-order valence-corrected chi connectivity index (χ3v) is 3.65. The summed E-state index contributed by atoms with van der Waals surface area (Å²) in [6, 6.07) is 11.3. The number of rotatable bonds is 4. The molecule has 0 aliphatic heterocycles. The third kappa shape index (κ3) is 2.78. The molecule has 0 spiro atoms. The summed E-state index contributed by atoms with van der Waals surface area (Å²) in [5.74, 6) is -0.137. The van der Waals surface area contributed by atoms with Crippen molar-refractivity contribution >= 4 is 22.9 Å². The van der Waals surface area contributed by atoms with Crippen molar-refractivity contribution in [2.24, 2.45) is 5.73 Å². The first-order valence-electron chi connectivity index (χ1n) is 5.91. The van der Waals surface area contributed by atoms with E-state index in [9.17, 15) is 4.79 Å². The van der Waals surface area contributed by atoms with Crippen LogP contribution in [0.2, 0.25) is 0 Å². The molecule has 1 aromatic heterocycles. The van der Waals surface area contributed by atoms with Crippen molar-refractivity contribution in [1.82, 2.24) is 0 Å². The molecule has 1 aromatic carbocycles. The number of carbonyl (C=O) groups is 1. The second kappa shape index (κ2) is 5.80. The molecule has 18 heavy (non-hydrogen) atoms. The molecule has 1 unspecified atom stereocenters. The Hall–Kier alpha value is -1.65. The van der Waals surface area contributed by atoms with Gasteiger partial charge in [-0.25, -0.2) is 0 Å². The highest BCUT2D eigenvalue weighted by Crippen LogP contribution is 2.31. The summed E-state index contributed by atoms with van der Waals surface area (Å²) >= 11 is 1.65. The highest BCUT2D eigenvalue weighted by molar-refractivity contribution is 7.13. The highest BCUT2D eigenvalue weighted by Gasteiger charge is 2.13. The summed E-state index contributed by atoms with van der Waals surface area (Å²) in [6.45, 7) is 1.90. The van der Waals surface area contributed by atoms with E-state index >= 15 is 0 Å². The zero-order chi connectivity index (χ0) is 13.0. The quantitative estimate of drug-likeness (QED) is 0.887. The molecule has 0 saturated carbocycles. The van der Waals surface area contributed by atoms with Gasteiger partial charge in [-0.15, -0.1) is 11.3 Å². The number of amides is 1. The van der Waals surface area contributed by atoms with E-state index in [4.69, 9.17) is 5.73 Å². The van der Waals surface area contributed by atoms with Crippen molar-refractivity contribution in [3.05, 3.63) is 41.8 Å². The molecule has 0 aliphatic carbocycles. The summed E-state index contributed by atoms with van der Waals surface area (Å²) in [4.78, 5) is 13.0. The van der Waals surface area contributed by atoms with E-state index in [2.05, 4.69) is 5.32 Å². The van der Waals surface area contributed by atoms with Crippen LogP contribution in [0.3, 0.4) is 0 Å². The van der Waals surface area contributed by atoms with Crippen molar-refractivity contribution in [1.29, 1.82) is 0 Å². The molecule has 0 aliphatic rings. The summed E-state index contributed by atoms with van der Waals surface area (Å²) in [5, 5.41) is 4.91. The largest absolute Gasteiger partial charge is 0.324 e. The molecule has 2 aromatic rings. The van der Waals surface area contributed by atoms with E-state index in [1.54, 1.807) is 11.3 Å². The first-order valence-corrected chi connectivity index (χ1v) is 6.79. The van der Waals surface area contributed by atoms with Gasteiger partial charge < -0.3 is 11.1 Å². The van der Waals surface area contributed by atoms with Gasteiger partial charge in [-0.3, -0.25) is 4.79 Å². The van der Waals surface area contributed by atoms with Crippen LogP contribution in [0.1, 0.15) is 13.3 Å². The van der Waals surface area contributed by atoms with E-state index in [1.807, 2.05) is 48.7 Å². The molecule has 0 saturated heterocycles. The molecule has 1 heterocycles. The Morgan fingerprint density at radius 1 is 1.33 bits per heavy atom. The molecule has 2 rings (SSSR count). The first-order chi connectivity index (χ1) is 8.72. The van der Waals surface area contributed by atoms with Gasteiger partial charge in [0.25, 0.3) is 0 Å². The van der Waals surface area contributed by atoms with E-state index in [1.165, 1.54) is 0 Å². The molecule has 0 fully saturated rings. The topological polar surface area (TPSA) is 55.1 Å². The van der Waals surface area contributed by atoms with Crippen LogP contribution >= 0.6 is 11.3 Å². The van der Waals surface area contributed by atoms with Crippen molar-refractivity contribution in [2.45, 2.75) is 19.4 Å². The van der Waals surface area contributed by atoms with Crippen molar-refractivity contribution < 1.29 is 4.79 Å². The van der Waals surface area contributed by atoms with Crippen LogP contribution in [-0.4, -0.2) is 11.9 Å². The maximum absolute atomic E-state index is 11.8. The van der Waals surface area contributed by atoms with Crippen LogP contribution in [0.5, 0.6) is 0 Å². The molecule has 3 N–H and O–H groups in total. The zero-order valence-corrected chi connectivity index (χ0v) is 11.0. The predicted octanol–water partition coefficient (Wildman–Crippen LogP) is 3.09. The fourth-order valence-corrected chi connectivity index (χ4v) is 2.42.